The Hall–Kier alpha value is -3.13. The van der Waals surface area contributed by atoms with E-state index in [1.54, 1.807) is 41.8 Å². The number of halogens is 2. The molecule has 30 heavy (non-hydrogen) atoms. The Morgan fingerprint density at radius 2 is 1.80 bits per heavy atom. The van der Waals surface area contributed by atoms with E-state index in [2.05, 4.69) is 20.7 Å². The highest BCUT2D eigenvalue weighted by atomic mass is 79.9. The first-order valence-corrected chi connectivity index (χ1v) is 9.89. The average molecular weight is 474 g/mol. The van der Waals surface area contributed by atoms with Crippen LogP contribution in [0.5, 0.6) is 0 Å². The SMILES string of the molecule is CCOC(=O)C(=O)CC(=O)c1cn(Cc2ccc(F)cc2)c2ccc(Br)cc2c1=O. The Kier molecular flexibility index (Phi) is 6.56. The minimum absolute atomic E-state index is 0.00718. The van der Waals surface area contributed by atoms with Crippen molar-refractivity contribution in [1.82, 2.24) is 4.57 Å². The third-order valence-corrected chi connectivity index (χ3v) is 4.93. The van der Waals surface area contributed by atoms with Crippen LogP contribution >= 0.6 is 15.9 Å². The Morgan fingerprint density at radius 1 is 1.10 bits per heavy atom. The van der Waals surface area contributed by atoms with Gasteiger partial charge >= 0.3 is 5.97 Å². The van der Waals surface area contributed by atoms with Gasteiger partial charge in [0.1, 0.15) is 5.82 Å². The second-order valence-electron chi connectivity index (χ2n) is 6.53. The molecule has 2 aromatic carbocycles. The van der Waals surface area contributed by atoms with E-state index in [-0.39, 0.29) is 29.9 Å². The number of carbonyl (C=O) groups is 3. The van der Waals surface area contributed by atoms with Crippen LogP contribution in [0.3, 0.4) is 0 Å². The highest BCUT2D eigenvalue weighted by molar-refractivity contribution is 9.10. The Morgan fingerprint density at radius 3 is 2.47 bits per heavy atom. The summed E-state index contributed by atoms with van der Waals surface area (Å²) in [5.41, 5.74) is 0.578. The summed E-state index contributed by atoms with van der Waals surface area (Å²) in [5, 5.41) is 0.279. The van der Waals surface area contributed by atoms with Gasteiger partial charge in [-0.15, -0.1) is 0 Å². The minimum atomic E-state index is -1.11. The number of hydrogen-bond donors (Lipinski definition) is 0. The molecule has 0 fully saturated rings. The molecule has 154 valence electrons. The number of ketones is 2. The van der Waals surface area contributed by atoms with Crippen LogP contribution in [0.4, 0.5) is 4.39 Å². The molecule has 3 rings (SSSR count). The summed E-state index contributed by atoms with van der Waals surface area (Å²) in [5.74, 6) is -3.27. The maximum atomic E-state index is 13.2. The van der Waals surface area contributed by atoms with Gasteiger partial charge in [-0.05, 0) is 42.8 Å². The maximum absolute atomic E-state index is 13.2. The van der Waals surface area contributed by atoms with Crippen molar-refractivity contribution in [2.75, 3.05) is 6.61 Å². The fourth-order valence-corrected chi connectivity index (χ4v) is 3.37. The first-order valence-electron chi connectivity index (χ1n) is 9.10. The predicted molar refractivity (Wildman–Crippen MR) is 112 cm³/mol. The van der Waals surface area contributed by atoms with E-state index in [0.29, 0.717) is 9.99 Å². The number of carbonyl (C=O) groups excluding carboxylic acids is 3. The Balaban J connectivity index is 2.06. The summed E-state index contributed by atoms with van der Waals surface area (Å²) in [6.45, 7) is 1.82. The van der Waals surface area contributed by atoms with Crippen LogP contribution in [0.2, 0.25) is 0 Å². The van der Waals surface area contributed by atoms with Crippen LogP contribution in [0, 0.1) is 5.82 Å². The molecule has 8 heteroatoms. The summed E-state index contributed by atoms with van der Waals surface area (Å²) in [6.07, 6.45) is 0.604. The molecule has 0 aliphatic carbocycles. The molecule has 0 aliphatic heterocycles. The zero-order valence-electron chi connectivity index (χ0n) is 16.0. The van der Waals surface area contributed by atoms with E-state index in [4.69, 9.17) is 0 Å². The van der Waals surface area contributed by atoms with Crippen LogP contribution in [-0.4, -0.2) is 28.7 Å². The van der Waals surface area contributed by atoms with Crippen molar-refractivity contribution in [3.8, 4) is 0 Å². The molecule has 0 atom stereocenters. The maximum Gasteiger partial charge on any atom is 0.375 e. The number of pyridine rings is 1. The van der Waals surface area contributed by atoms with Crippen LogP contribution in [-0.2, 0) is 20.9 Å². The topological polar surface area (TPSA) is 82.4 Å². The molecule has 0 unspecified atom stereocenters. The fourth-order valence-electron chi connectivity index (χ4n) is 3.01. The molecule has 0 bridgehead atoms. The number of fused-ring (bicyclic) bond motifs is 1. The minimum Gasteiger partial charge on any atom is -0.460 e. The van der Waals surface area contributed by atoms with Gasteiger partial charge < -0.3 is 9.30 Å². The second-order valence-corrected chi connectivity index (χ2v) is 7.45. The van der Waals surface area contributed by atoms with E-state index < -0.39 is 29.4 Å². The van der Waals surface area contributed by atoms with Crippen LogP contribution in [0.15, 0.2) is 57.9 Å². The molecule has 1 heterocycles. The van der Waals surface area contributed by atoms with Crippen molar-refractivity contribution in [3.63, 3.8) is 0 Å². The van der Waals surface area contributed by atoms with Gasteiger partial charge in [-0.25, -0.2) is 9.18 Å². The zero-order valence-corrected chi connectivity index (χ0v) is 17.6. The molecule has 0 amide bonds. The molecule has 3 aromatic rings. The van der Waals surface area contributed by atoms with E-state index >= 15 is 0 Å². The van der Waals surface area contributed by atoms with Crippen molar-refractivity contribution >= 4 is 44.4 Å². The molecule has 0 N–H and O–H groups in total. The van der Waals surface area contributed by atoms with E-state index in [9.17, 15) is 23.6 Å². The highest BCUT2D eigenvalue weighted by Crippen LogP contribution is 2.20. The van der Waals surface area contributed by atoms with Gasteiger partial charge in [-0.1, -0.05) is 28.1 Å². The van der Waals surface area contributed by atoms with Crippen molar-refractivity contribution < 1.29 is 23.5 Å². The molecule has 6 nitrogen and oxygen atoms in total. The Bertz CT molecular complexity index is 1200. The molecule has 0 radical (unpaired) electrons. The van der Waals surface area contributed by atoms with E-state index in [1.165, 1.54) is 18.3 Å². The Labute approximate surface area is 179 Å². The summed E-state index contributed by atoms with van der Waals surface area (Å²) in [7, 11) is 0. The third-order valence-electron chi connectivity index (χ3n) is 4.43. The van der Waals surface area contributed by atoms with Crippen molar-refractivity contribution in [3.05, 3.63) is 80.3 Å². The van der Waals surface area contributed by atoms with Crippen molar-refractivity contribution in [2.45, 2.75) is 19.9 Å². The molecule has 1 aromatic heterocycles. The lowest BCUT2D eigenvalue weighted by molar-refractivity contribution is -0.153. The molecule has 0 spiro atoms. The quantitative estimate of drug-likeness (QED) is 0.226. The number of Topliss-reactive ketones (excluding diaryl/α,β-unsaturated/α-hetero) is 2. The van der Waals surface area contributed by atoms with E-state index in [1.807, 2.05) is 0 Å². The smallest absolute Gasteiger partial charge is 0.375 e. The van der Waals surface area contributed by atoms with Gasteiger partial charge in [0, 0.05) is 22.6 Å². The number of esters is 1. The van der Waals surface area contributed by atoms with Gasteiger partial charge in [0.15, 0.2) is 11.2 Å². The van der Waals surface area contributed by atoms with Gasteiger partial charge in [-0.3, -0.25) is 14.4 Å². The summed E-state index contributed by atoms with van der Waals surface area (Å²) in [4.78, 5) is 49.0. The standard InChI is InChI=1S/C22H17BrFNO5/c1-2-30-22(29)20(27)10-19(26)17-12-25(11-13-3-6-15(24)7-4-13)18-8-5-14(23)9-16(18)21(17)28/h3-9,12H,2,10-11H2,1H3. The number of hydrogen-bond acceptors (Lipinski definition) is 5. The number of aromatic nitrogens is 1. The van der Waals surface area contributed by atoms with Crippen molar-refractivity contribution in [1.29, 1.82) is 0 Å². The lowest BCUT2D eigenvalue weighted by Gasteiger charge is -2.14. The average Bonchev–Trinajstić information content (AvgIpc) is 2.71. The van der Waals surface area contributed by atoms with Crippen molar-refractivity contribution in [2.24, 2.45) is 0 Å². The number of ether oxygens (including phenoxy) is 1. The van der Waals surface area contributed by atoms with Gasteiger partial charge in [0.05, 0.1) is 24.1 Å². The molecule has 0 saturated heterocycles. The predicted octanol–water partition coefficient (Wildman–Crippen LogP) is 3.66. The van der Waals surface area contributed by atoms with E-state index in [0.717, 1.165) is 5.56 Å². The summed E-state index contributed by atoms with van der Waals surface area (Å²) in [6, 6.07) is 10.9. The monoisotopic (exact) mass is 473 g/mol. The number of nitrogens with zero attached hydrogens (tertiary/aromatic N) is 1. The van der Waals surface area contributed by atoms with Crippen LogP contribution in [0.1, 0.15) is 29.3 Å². The van der Waals surface area contributed by atoms with Crippen LogP contribution in [0.25, 0.3) is 10.9 Å². The lowest BCUT2D eigenvalue weighted by atomic mass is 10.0. The summed E-state index contributed by atoms with van der Waals surface area (Å²) >= 11 is 3.31. The number of rotatable bonds is 7. The second kappa shape index (κ2) is 9.13. The first kappa shape index (κ1) is 21.6. The zero-order chi connectivity index (χ0) is 21.8. The van der Waals surface area contributed by atoms with Gasteiger partial charge in [0.2, 0.25) is 5.78 Å². The van der Waals surface area contributed by atoms with Gasteiger partial charge in [0.25, 0.3) is 0 Å². The highest BCUT2D eigenvalue weighted by Gasteiger charge is 2.23. The molecule has 0 saturated carbocycles. The number of benzene rings is 2. The van der Waals surface area contributed by atoms with Gasteiger partial charge in [-0.2, -0.15) is 0 Å². The summed E-state index contributed by atoms with van der Waals surface area (Å²) < 4.78 is 20.2. The third kappa shape index (κ3) is 4.71. The fraction of sp³-hybridized carbons (Fsp3) is 0.182. The molecule has 0 aliphatic rings. The molecular weight excluding hydrogens is 457 g/mol. The lowest BCUT2D eigenvalue weighted by Crippen LogP contribution is -2.25. The van der Waals surface area contributed by atoms with Crippen LogP contribution < -0.4 is 5.43 Å². The normalized spacial score (nSPS) is 10.8. The largest absolute Gasteiger partial charge is 0.460 e. The first-order chi connectivity index (χ1) is 14.3. The molecular formula is C22H17BrFNO5.